The largest absolute Gasteiger partial charge is 0.482 e. The van der Waals surface area contributed by atoms with Crippen LogP contribution in [0.3, 0.4) is 0 Å². The number of aromatic nitrogens is 1. The molecule has 0 radical (unpaired) electrons. The van der Waals surface area contributed by atoms with Crippen LogP contribution in [-0.4, -0.2) is 23.4 Å². The Morgan fingerprint density at radius 3 is 2.46 bits per heavy atom. The van der Waals surface area contributed by atoms with Gasteiger partial charge in [0.05, 0.1) is 0 Å². The molecule has 1 heterocycles. The number of pyridine rings is 1. The lowest BCUT2D eigenvalue weighted by atomic mass is 9.87. The molecule has 0 saturated heterocycles. The molecular weight excluding hydrogens is 306 g/mol. The second-order valence-electron chi connectivity index (χ2n) is 6.22. The first-order valence-electron chi connectivity index (χ1n) is 7.54. The second-order valence-corrected chi connectivity index (χ2v) is 6.22. The van der Waals surface area contributed by atoms with Crippen molar-refractivity contribution in [2.75, 3.05) is 6.61 Å². The highest BCUT2D eigenvalue weighted by molar-refractivity contribution is 5.95. The molecule has 0 saturated carbocycles. The van der Waals surface area contributed by atoms with E-state index < -0.39 is 5.97 Å². The molecule has 0 aliphatic heterocycles. The number of carbonyl (C=O) groups is 1. The minimum Gasteiger partial charge on any atom is -0.482 e. The summed E-state index contributed by atoms with van der Waals surface area (Å²) < 4.78 is 5.37. The van der Waals surface area contributed by atoms with E-state index in [0.717, 1.165) is 0 Å². The molecule has 0 fully saturated rings. The molecular formula is C18H21N3O3. The van der Waals surface area contributed by atoms with Crippen LogP contribution < -0.4 is 10.5 Å². The van der Waals surface area contributed by atoms with Gasteiger partial charge >= 0.3 is 5.97 Å². The Kier molecular flexibility index (Phi) is 5.52. The van der Waals surface area contributed by atoms with Gasteiger partial charge in [0.1, 0.15) is 11.4 Å². The highest BCUT2D eigenvalue weighted by atomic mass is 16.7. The van der Waals surface area contributed by atoms with Crippen molar-refractivity contribution >= 4 is 11.8 Å². The third kappa shape index (κ3) is 5.08. The number of amidine groups is 1. The minimum atomic E-state index is -0.645. The van der Waals surface area contributed by atoms with Gasteiger partial charge in [0, 0.05) is 6.20 Å². The van der Waals surface area contributed by atoms with E-state index in [1.165, 1.54) is 5.56 Å². The normalized spacial score (nSPS) is 11.9. The highest BCUT2D eigenvalue weighted by Crippen LogP contribution is 2.24. The zero-order chi connectivity index (χ0) is 17.6. The maximum absolute atomic E-state index is 11.6. The van der Waals surface area contributed by atoms with E-state index in [-0.39, 0.29) is 17.9 Å². The lowest BCUT2D eigenvalue weighted by Gasteiger charge is -2.19. The maximum Gasteiger partial charge on any atom is 0.372 e. The molecule has 1 aromatic carbocycles. The first kappa shape index (κ1) is 17.5. The van der Waals surface area contributed by atoms with Crippen molar-refractivity contribution in [2.24, 2.45) is 10.9 Å². The Hall–Kier alpha value is -2.89. The van der Waals surface area contributed by atoms with Crippen LogP contribution in [0.5, 0.6) is 5.75 Å². The zero-order valence-corrected chi connectivity index (χ0v) is 14.0. The first-order valence-corrected chi connectivity index (χ1v) is 7.54. The number of oxime groups is 1. The number of hydrogen-bond donors (Lipinski definition) is 1. The Balaban J connectivity index is 1.85. The number of nitrogens with two attached hydrogens (primary N) is 1. The van der Waals surface area contributed by atoms with E-state index in [1.54, 1.807) is 24.4 Å². The number of ether oxygens (including phenoxy) is 1. The molecule has 2 rings (SSSR count). The molecule has 2 N–H and O–H groups in total. The van der Waals surface area contributed by atoms with Crippen molar-refractivity contribution in [3.63, 3.8) is 0 Å². The molecule has 126 valence electrons. The van der Waals surface area contributed by atoms with Crippen LogP contribution >= 0.6 is 0 Å². The molecule has 0 aliphatic carbocycles. The zero-order valence-electron chi connectivity index (χ0n) is 14.0. The quantitative estimate of drug-likeness (QED) is 0.395. The fourth-order valence-corrected chi connectivity index (χ4v) is 1.88. The number of carbonyl (C=O) groups excluding carboxylic acids is 1. The summed E-state index contributed by atoms with van der Waals surface area (Å²) in [6, 6.07) is 12.8. The van der Waals surface area contributed by atoms with Crippen LogP contribution in [0.1, 0.15) is 32.0 Å². The van der Waals surface area contributed by atoms with Gasteiger partial charge in [-0.1, -0.05) is 44.1 Å². The van der Waals surface area contributed by atoms with Gasteiger partial charge < -0.3 is 15.3 Å². The van der Waals surface area contributed by atoms with Crippen molar-refractivity contribution in [3.05, 3.63) is 59.9 Å². The van der Waals surface area contributed by atoms with Crippen molar-refractivity contribution in [2.45, 2.75) is 26.2 Å². The van der Waals surface area contributed by atoms with Crippen LogP contribution in [0.2, 0.25) is 0 Å². The van der Waals surface area contributed by atoms with E-state index >= 15 is 0 Å². The van der Waals surface area contributed by atoms with Crippen LogP contribution in [0.25, 0.3) is 0 Å². The molecule has 0 unspecified atom stereocenters. The average molecular weight is 327 g/mol. The summed E-state index contributed by atoms with van der Waals surface area (Å²) in [5.41, 5.74) is 7.36. The summed E-state index contributed by atoms with van der Waals surface area (Å²) in [6.45, 7) is 6.13. The van der Waals surface area contributed by atoms with Crippen LogP contribution in [-0.2, 0) is 15.0 Å². The molecule has 6 heteroatoms. The lowest BCUT2D eigenvalue weighted by Crippen LogP contribution is -2.18. The van der Waals surface area contributed by atoms with E-state index in [0.29, 0.717) is 11.4 Å². The van der Waals surface area contributed by atoms with Crippen LogP contribution in [0.4, 0.5) is 0 Å². The molecule has 6 nitrogen and oxygen atoms in total. The average Bonchev–Trinajstić information content (AvgIpc) is 2.58. The Labute approximate surface area is 141 Å². The lowest BCUT2D eigenvalue weighted by molar-refractivity contribution is -0.146. The van der Waals surface area contributed by atoms with Gasteiger partial charge in [-0.2, -0.15) is 0 Å². The van der Waals surface area contributed by atoms with E-state index in [9.17, 15) is 4.79 Å². The van der Waals surface area contributed by atoms with Crippen molar-refractivity contribution < 1.29 is 14.4 Å². The number of rotatable bonds is 5. The third-order valence-corrected chi connectivity index (χ3v) is 3.25. The predicted molar refractivity (Wildman–Crippen MR) is 91.7 cm³/mol. The van der Waals surface area contributed by atoms with Gasteiger partial charge in [-0.25, -0.2) is 4.79 Å². The summed E-state index contributed by atoms with van der Waals surface area (Å²) in [7, 11) is 0. The molecule has 2 aromatic rings. The fourth-order valence-electron chi connectivity index (χ4n) is 1.88. The molecule has 0 amide bonds. The first-order chi connectivity index (χ1) is 11.4. The third-order valence-electron chi connectivity index (χ3n) is 3.25. The molecule has 0 spiro atoms. The predicted octanol–water partition coefficient (Wildman–Crippen LogP) is 2.62. The monoisotopic (exact) mass is 327 g/mol. The Morgan fingerprint density at radius 1 is 1.17 bits per heavy atom. The smallest absolute Gasteiger partial charge is 0.372 e. The molecule has 1 aromatic heterocycles. The summed E-state index contributed by atoms with van der Waals surface area (Å²) >= 11 is 0. The van der Waals surface area contributed by atoms with Gasteiger partial charge in [0.25, 0.3) is 0 Å². The topological polar surface area (TPSA) is 86.8 Å². The highest BCUT2D eigenvalue weighted by Gasteiger charge is 2.13. The summed E-state index contributed by atoms with van der Waals surface area (Å²) in [4.78, 5) is 20.4. The fraction of sp³-hybridized carbons (Fsp3) is 0.278. The minimum absolute atomic E-state index is 0.0264. The number of benzene rings is 1. The molecule has 0 aliphatic rings. The van der Waals surface area contributed by atoms with Crippen molar-refractivity contribution in [3.8, 4) is 5.75 Å². The van der Waals surface area contributed by atoms with Gasteiger partial charge in [0.15, 0.2) is 12.4 Å². The standard InChI is InChI=1S/C18H21N3O3/c1-18(2,3)13-7-9-14(10-8-13)23-12-16(22)24-21-17(19)15-6-4-5-11-20-15/h4-11H,12H2,1-3H3,(H2,19,21). The molecule has 24 heavy (non-hydrogen) atoms. The second kappa shape index (κ2) is 7.59. The molecule has 0 atom stereocenters. The van der Waals surface area contributed by atoms with E-state index in [4.69, 9.17) is 15.3 Å². The van der Waals surface area contributed by atoms with Gasteiger partial charge in [0.2, 0.25) is 0 Å². The summed E-state index contributed by atoms with van der Waals surface area (Å²) in [5.74, 6) is -0.0334. The van der Waals surface area contributed by atoms with Crippen LogP contribution in [0, 0.1) is 0 Å². The number of hydrogen-bond acceptors (Lipinski definition) is 5. The molecule has 0 bridgehead atoms. The maximum atomic E-state index is 11.6. The van der Waals surface area contributed by atoms with Crippen LogP contribution in [0.15, 0.2) is 53.8 Å². The van der Waals surface area contributed by atoms with Crippen molar-refractivity contribution in [1.29, 1.82) is 0 Å². The summed E-state index contributed by atoms with van der Waals surface area (Å²) in [5, 5.41) is 3.56. The Morgan fingerprint density at radius 2 is 1.88 bits per heavy atom. The van der Waals surface area contributed by atoms with E-state index in [2.05, 4.69) is 30.9 Å². The van der Waals surface area contributed by atoms with Crippen molar-refractivity contribution in [1.82, 2.24) is 4.98 Å². The van der Waals surface area contributed by atoms with Gasteiger partial charge in [-0.3, -0.25) is 4.98 Å². The Bertz CT molecular complexity index is 705. The number of nitrogens with zero attached hydrogens (tertiary/aromatic N) is 2. The SMILES string of the molecule is CC(C)(C)c1ccc(OCC(=O)O/N=C(/N)c2ccccn2)cc1. The van der Waals surface area contributed by atoms with E-state index in [1.807, 2.05) is 24.3 Å². The van der Waals surface area contributed by atoms with Gasteiger partial charge in [-0.05, 0) is 35.2 Å². The summed E-state index contributed by atoms with van der Waals surface area (Å²) in [6.07, 6.45) is 1.57. The van der Waals surface area contributed by atoms with Gasteiger partial charge in [-0.15, -0.1) is 0 Å².